The van der Waals surface area contributed by atoms with Gasteiger partial charge in [-0.05, 0) is 44.9 Å². The van der Waals surface area contributed by atoms with Crippen LogP contribution in [0.1, 0.15) is 32.3 Å². The summed E-state index contributed by atoms with van der Waals surface area (Å²) >= 11 is 0. The molecule has 0 saturated carbocycles. The number of carbonyl (C=O) groups excluding carboxylic acids is 1. The Kier molecular flexibility index (Phi) is 6.62. The highest BCUT2D eigenvalue weighted by Gasteiger charge is 2.32. The number of hydrogen-bond acceptors (Lipinski definition) is 4. The largest absolute Gasteiger partial charge is 0.491 e. The Morgan fingerprint density at radius 2 is 2.14 bits per heavy atom. The molecule has 1 atom stereocenters. The molecule has 0 aromatic heterocycles. The summed E-state index contributed by atoms with van der Waals surface area (Å²) in [6.45, 7) is 6.44. The second kappa shape index (κ2) is 7.98. The average molecular weight is 297 g/mol. The van der Waals surface area contributed by atoms with Crippen LogP contribution >= 0.6 is 0 Å². The maximum absolute atomic E-state index is 13.8. The van der Waals surface area contributed by atoms with E-state index in [9.17, 15) is 9.18 Å². The molecular weight excluding hydrogens is 273 g/mol. The van der Waals surface area contributed by atoms with Crippen LogP contribution in [0.2, 0.25) is 0 Å². The van der Waals surface area contributed by atoms with E-state index in [1.165, 1.54) is 7.11 Å². The number of esters is 1. The standard InChI is InChI=1S/C16H24FNO3/c1-5-18-16(3,15(19)20-4)10-7-11-21-13-9-6-8-12(2)14(13)17/h6,8-9,18H,5,7,10-11H2,1-4H3. The number of benzene rings is 1. The van der Waals surface area contributed by atoms with Crippen molar-refractivity contribution >= 4 is 5.97 Å². The summed E-state index contributed by atoms with van der Waals surface area (Å²) in [6.07, 6.45) is 1.17. The van der Waals surface area contributed by atoms with E-state index in [0.29, 0.717) is 31.6 Å². The Balaban J connectivity index is 2.51. The second-order valence-electron chi connectivity index (χ2n) is 5.19. The van der Waals surface area contributed by atoms with Gasteiger partial charge in [-0.3, -0.25) is 4.79 Å². The van der Waals surface area contributed by atoms with Crippen molar-refractivity contribution in [1.82, 2.24) is 5.32 Å². The molecule has 0 radical (unpaired) electrons. The van der Waals surface area contributed by atoms with Gasteiger partial charge in [-0.15, -0.1) is 0 Å². The van der Waals surface area contributed by atoms with E-state index in [-0.39, 0.29) is 17.5 Å². The molecule has 0 bridgehead atoms. The third-order valence-electron chi connectivity index (χ3n) is 3.44. The molecule has 1 rings (SSSR count). The summed E-state index contributed by atoms with van der Waals surface area (Å²) in [5, 5.41) is 3.12. The fourth-order valence-corrected chi connectivity index (χ4v) is 2.22. The Labute approximate surface area is 125 Å². The van der Waals surface area contributed by atoms with Gasteiger partial charge in [0.25, 0.3) is 0 Å². The number of aryl methyl sites for hydroxylation is 1. The summed E-state index contributed by atoms with van der Waals surface area (Å²) in [5.41, 5.74) is -0.183. The Morgan fingerprint density at radius 3 is 2.76 bits per heavy atom. The lowest BCUT2D eigenvalue weighted by Gasteiger charge is -2.27. The molecule has 21 heavy (non-hydrogen) atoms. The summed E-state index contributed by atoms with van der Waals surface area (Å²) in [6, 6.07) is 5.05. The predicted molar refractivity (Wildman–Crippen MR) is 80.0 cm³/mol. The fraction of sp³-hybridized carbons (Fsp3) is 0.562. The van der Waals surface area contributed by atoms with Crippen molar-refractivity contribution < 1.29 is 18.7 Å². The molecular formula is C16H24FNO3. The van der Waals surface area contributed by atoms with Crippen molar-refractivity contribution in [3.8, 4) is 5.75 Å². The lowest BCUT2D eigenvalue weighted by Crippen LogP contribution is -2.50. The topological polar surface area (TPSA) is 47.6 Å². The van der Waals surface area contributed by atoms with E-state index in [1.807, 2.05) is 6.92 Å². The number of halogens is 1. The van der Waals surface area contributed by atoms with Crippen molar-refractivity contribution in [3.05, 3.63) is 29.6 Å². The first-order chi connectivity index (χ1) is 9.94. The number of ether oxygens (including phenoxy) is 2. The number of carbonyl (C=O) groups is 1. The third kappa shape index (κ3) is 4.70. The van der Waals surface area contributed by atoms with Crippen molar-refractivity contribution in [2.24, 2.45) is 0 Å². The zero-order chi connectivity index (χ0) is 15.9. The molecule has 1 aromatic carbocycles. The van der Waals surface area contributed by atoms with Crippen LogP contribution in [0.25, 0.3) is 0 Å². The molecule has 1 unspecified atom stereocenters. The Bertz CT molecular complexity index is 479. The normalized spacial score (nSPS) is 13.6. The highest BCUT2D eigenvalue weighted by Crippen LogP contribution is 2.21. The monoisotopic (exact) mass is 297 g/mol. The van der Waals surface area contributed by atoms with E-state index in [1.54, 1.807) is 32.0 Å². The molecule has 1 aromatic rings. The van der Waals surface area contributed by atoms with Gasteiger partial charge in [-0.2, -0.15) is 0 Å². The fourth-order valence-electron chi connectivity index (χ4n) is 2.22. The highest BCUT2D eigenvalue weighted by atomic mass is 19.1. The number of likely N-dealkylation sites (N-methyl/N-ethyl adjacent to an activating group) is 1. The van der Waals surface area contributed by atoms with Gasteiger partial charge in [0.1, 0.15) is 5.54 Å². The number of methoxy groups -OCH3 is 1. The molecule has 5 heteroatoms. The van der Waals surface area contributed by atoms with Crippen LogP contribution in [0.4, 0.5) is 4.39 Å². The number of nitrogens with one attached hydrogen (secondary N) is 1. The van der Waals surface area contributed by atoms with Crippen molar-refractivity contribution in [2.75, 3.05) is 20.3 Å². The van der Waals surface area contributed by atoms with Gasteiger partial charge in [0.05, 0.1) is 13.7 Å². The van der Waals surface area contributed by atoms with Gasteiger partial charge in [-0.1, -0.05) is 19.1 Å². The minimum atomic E-state index is -0.738. The van der Waals surface area contributed by atoms with E-state index in [0.717, 1.165) is 0 Å². The van der Waals surface area contributed by atoms with E-state index < -0.39 is 5.54 Å². The Hall–Kier alpha value is -1.62. The molecule has 0 saturated heterocycles. The van der Waals surface area contributed by atoms with Crippen LogP contribution < -0.4 is 10.1 Å². The summed E-state index contributed by atoms with van der Waals surface area (Å²) in [7, 11) is 1.37. The quantitative estimate of drug-likeness (QED) is 0.592. The van der Waals surface area contributed by atoms with Crippen molar-refractivity contribution in [2.45, 2.75) is 39.2 Å². The lowest BCUT2D eigenvalue weighted by molar-refractivity contribution is -0.148. The predicted octanol–water partition coefficient (Wildman–Crippen LogP) is 2.83. The van der Waals surface area contributed by atoms with Gasteiger partial charge in [0.2, 0.25) is 0 Å². The third-order valence-corrected chi connectivity index (χ3v) is 3.44. The van der Waals surface area contributed by atoms with E-state index in [2.05, 4.69) is 5.32 Å². The maximum Gasteiger partial charge on any atom is 0.325 e. The van der Waals surface area contributed by atoms with Crippen molar-refractivity contribution in [1.29, 1.82) is 0 Å². The molecule has 0 aliphatic rings. The van der Waals surface area contributed by atoms with Crippen LogP contribution in [0.15, 0.2) is 18.2 Å². The van der Waals surface area contributed by atoms with Crippen LogP contribution in [-0.2, 0) is 9.53 Å². The second-order valence-corrected chi connectivity index (χ2v) is 5.19. The van der Waals surface area contributed by atoms with E-state index in [4.69, 9.17) is 9.47 Å². The zero-order valence-corrected chi connectivity index (χ0v) is 13.2. The van der Waals surface area contributed by atoms with Gasteiger partial charge in [-0.25, -0.2) is 4.39 Å². The first-order valence-electron chi connectivity index (χ1n) is 7.16. The minimum absolute atomic E-state index is 0.248. The van der Waals surface area contributed by atoms with Crippen LogP contribution in [0, 0.1) is 12.7 Å². The minimum Gasteiger partial charge on any atom is -0.491 e. The van der Waals surface area contributed by atoms with Crippen LogP contribution in [0.5, 0.6) is 5.75 Å². The van der Waals surface area contributed by atoms with Gasteiger partial charge in [0.15, 0.2) is 11.6 Å². The van der Waals surface area contributed by atoms with Crippen molar-refractivity contribution in [3.63, 3.8) is 0 Å². The summed E-state index contributed by atoms with van der Waals surface area (Å²) in [4.78, 5) is 11.8. The Morgan fingerprint density at radius 1 is 1.43 bits per heavy atom. The average Bonchev–Trinajstić information content (AvgIpc) is 2.47. The molecule has 0 spiro atoms. The molecule has 0 aliphatic heterocycles. The summed E-state index contributed by atoms with van der Waals surface area (Å²) < 4.78 is 24.0. The first-order valence-corrected chi connectivity index (χ1v) is 7.16. The highest BCUT2D eigenvalue weighted by molar-refractivity contribution is 5.80. The van der Waals surface area contributed by atoms with Gasteiger partial charge < -0.3 is 14.8 Å². The SMILES string of the molecule is CCNC(C)(CCCOc1cccc(C)c1F)C(=O)OC. The molecule has 1 N–H and O–H groups in total. The molecule has 0 fully saturated rings. The number of hydrogen-bond donors (Lipinski definition) is 1. The van der Waals surface area contributed by atoms with Gasteiger partial charge >= 0.3 is 5.97 Å². The van der Waals surface area contributed by atoms with E-state index >= 15 is 0 Å². The molecule has 118 valence electrons. The van der Waals surface area contributed by atoms with Gasteiger partial charge in [0, 0.05) is 0 Å². The molecule has 0 amide bonds. The summed E-state index contributed by atoms with van der Waals surface area (Å²) in [5.74, 6) is -0.385. The first kappa shape index (κ1) is 17.4. The maximum atomic E-state index is 13.8. The smallest absolute Gasteiger partial charge is 0.325 e. The van der Waals surface area contributed by atoms with Crippen LogP contribution in [0.3, 0.4) is 0 Å². The zero-order valence-electron chi connectivity index (χ0n) is 13.2. The molecule has 0 aliphatic carbocycles. The number of rotatable bonds is 8. The molecule has 0 heterocycles. The van der Waals surface area contributed by atoms with Crippen LogP contribution in [-0.4, -0.2) is 31.8 Å². The molecule has 4 nitrogen and oxygen atoms in total. The lowest BCUT2D eigenvalue weighted by atomic mass is 9.96.